The maximum Gasteiger partial charge on any atom is 0.329 e. The van der Waals surface area contributed by atoms with Crippen molar-refractivity contribution in [2.75, 3.05) is 0 Å². The summed E-state index contributed by atoms with van der Waals surface area (Å²) in [6.07, 6.45) is 0.741. The predicted octanol–water partition coefficient (Wildman–Crippen LogP) is 3.33. The maximum absolute atomic E-state index is 12.6. The molecule has 0 spiro atoms. The van der Waals surface area contributed by atoms with Crippen LogP contribution in [0.4, 0.5) is 0 Å². The molecule has 0 aliphatic heterocycles. The van der Waals surface area contributed by atoms with Gasteiger partial charge in [-0.25, -0.2) is 4.79 Å². The lowest BCUT2D eigenvalue weighted by atomic mass is 10.1. The molecule has 0 saturated carbocycles. The van der Waals surface area contributed by atoms with Gasteiger partial charge in [0.1, 0.15) is 6.54 Å². The zero-order chi connectivity index (χ0) is 18.7. The van der Waals surface area contributed by atoms with Gasteiger partial charge in [0.2, 0.25) is 5.91 Å². The molecule has 1 aromatic heterocycles. The second kappa shape index (κ2) is 7.91. The van der Waals surface area contributed by atoms with Gasteiger partial charge in [0.25, 0.3) is 0 Å². The number of imidazole rings is 1. The van der Waals surface area contributed by atoms with Crippen molar-refractivity contribution in [3.8, 4) is 0 Å². The maximum atomic E-state index is 12.6. The van der Waals surface area contributed by atoms with Crippen molar-refractivity contribution < 1.29 is 4.79 Å². The smallest absolute Gasteiger partial charge is 0.329 e. The largest absolute Gasteiger partial charge is 0.352 e. The lowest BCUT2D eigenvalue weighted by molar-refractivity contribution is -0.122. The molecule has 1 atom stereocenters. The fourth-order valence-corrected chi connectivity index (χ4v) is 3.48. The van der Waals surface area contributed by atoms with Crippen molar-refractivity contribution in [1.82, 2.24) is 14.5 Å². The average molecular weight is 416 g/mol. The summed E-state index contributed by atoms with van der Waals surface area (Å²) in [4.78, 5) is 25.1. The topological polar surface area (TPSA) is 56.0 Å². The highest BCUT2D eigenvalue weighted by atomic mass is 79.9. The van der Waals surface area contributed by atoms with E-state index in [0.29, 0.717) is 6.54 Å². The monoisotopic (exact) mass is 415 g/mol. The first-order valence-corrected chi connectivity index (χ1v) is 9.50. The van der Waals surface area contributed by atoms with Gasteiger partial charge < -0.3 is 5.32 Å². The molecule has 0 aliphatic carbocycles. The van der Waals surface area contributed by atoms with Crippen LogP contribution in [0.15, 0.2) is 57.8 Å². The molecule has 0 aliphatic rings. The molecule has 3 rings (SSSR count). The Labute approximate surface area is 160 Å². The number of nitrogens with zero attached hydrogens (tertiary/aromatic N) is 2. The molecule has 0 fully saturated rings. The summed E-state index contributed by atoms with van der Waals surface area (Å²) in [6.45, 7) is 4.50. The lowest BCUT2D eigenvalue weighted by Gasteiger charge is -2.14. The Morgan fingerprint density at radius 2 is 1.69 bits per heavy atom. The van der Waals surface area contributed by atoms with Crippen LogP contribution in [0.1, 0.15) is 19.4 Å². The molecule has 1 heterocycles. The number of carbonyl (C=O) groups is 1. The van der Waals surface area contributed by atoms with Crippen LogP contribution < -0.4 is 11.0 Å². The Morgan fingerprint density at radius 3 is 2.31 bits per heavy atom. The van der Waals surface area contributed by atoms with E-state index < -0.39 is 0 Å². The molecule has 0 unspecified atom stereocenters. The predicted molar refractivity (Wildman–Crippen MR) is 107 cm³/mol. The summed E-state index contributed by atoms with van der Waals surface area (Å²) in [5.74, 6) is -0.157. The molecule has 26 heavy (non-hydrogen) atoms. The zero-order valence-corrected chi connectivity index (χ0v) is 16.5. The Hall–Kier alpha value is -2.34. The number of carbonyl (C=O) groups excluding carboxylic acids is 1. The zero-order valence-electron chi connectivity index (χ0n) is 14.9. The second-order valence-corrected chi connectivity index (χ2v) is 7.32. The number of hydrogen-bond acceptors (Lipinski definition) is 2. The van der Waals surface area contributed by atoms with Gasteiger partial charge in [0.15, 0.2) is 0 Å². The molecule has 136 valence electrons. The van der Waals surface area contributed by atoms with Crippen molar-refractivity contribution in [1.29, 1.82) is 0 Å². The number of halogens is 1. The number of aromatic nitrogens is 2. The molecular weight excluding hydrogens is 394 g/mol. The van der Waals surface area contributed by atoms with E-state index in [9.17, 15) is 9.59 Å². The fourth-order valence-electron chi connectivity index (χ4n) is 3.22. The molecule has 3 aromatic rings. The third-order valence-electron chi connectivity index (χ3n) is 4.41. The van der Waals surface area contributed by atoms with Gasteiger partial charge in [-0.3, -0.25) is 13.9 Å². The highest BCUT2D eigenvalue weighted by Crippen LogP contribution is 2.13. The molecule has 0 bridgehead atoms. The van der Waals surface area contributed by atoms with Crippen molar-refractivity contribution >= 4 is 32.9 Å². The van der Waals surface area contributed by atoms with Crippen LogP contribution in [-0.4, -0.2) is 21.1 Å². The third kappa shape index (κ3) is 3.90. The lowest BCUT2D eigenvalue weighted by Crippen LogP contribution is -2.38. The summed E-state index contributed by atoms with van der Waals surface area (Å²) >= 11 is 3.42. The van der Waals surface area contributed by atoms with Crippen LogP contribution in [0.2, 0.25) is 0 Å². The first-order chi connectivity index (χ1) is 12.5. The second-order valence-electron chi connectivity index (χ2n) is 6.40. The summed E-state index contributed by atoms with van der Waals surface area (Å²) in [5, 5.41) is 2.99. The number of benzene rings is 2. The molecular formula is C20H22BrN3O2. The standard InChI is InChI=1S/C20H22BrN3O2/c1-3-23-17-6-4-5-7-18(17)24(20(23)26)13-19(25)22-14(2)12-15-8-10-16(21)11-9-15/h4-11,14H,3,12-13H2,1-2H3,(H,22,25)/t14-/m1/s1. The van der Waals surface area contributed by atoms with E-state index in [1.165, 1.54) is 0 Å². The minimum atomic E-state index is -0.157. The van der Waals surface area contributed by atoms with Crippen LogP contribution in [0.25, 0.3) is 11.0 Å². The summed E-state index contributed by atoms with van der Waals surface area (Å²) in [6, 6.07) is 15.6. The van der Waals surface area contributed by atoms with E-state index in [0.717, 1.165) is 27.5 Å². The van der Waals surface area contributed by atoms with Crippen LogP contribution in [0.3, 0.4) is 0 Å². The first-order valence-electron chi connectivity index (χ1n) is 8.71. The summed E-state index contributed by atoms with van der Waals surface area (Å²) in [7, 11) is 0. The van der Waals surface area contributed by atoms with E-state index in [2.05, 4.69) is 21.2 Å². The number of rotatable bonds is 6. The van der Waals surface area contributed by atoms with Gasteiger partial charge in [-0.1, -0.05) is 40.2 Å². The Morgan fingerprint density at radius 1 is 1.08 bits per heavy atom. The van der Waals surface area contributed by atoms with Crippen LogP contribution in [0.5, 0.6) is 0 Å². The van der Waals surface area contributed by atoms with E-state index >= 15 is 0 Å². The number of para-hydroxylation sites is 2. The highest BCUT2D eigenvalue weighted by molar-refractivity contribution is 9.10. The van der Waals surface area contributed by atoms with Crippen molar-refractivity contribution in [2.45, 2.75) is 39.4 Å². The van der Waals surface area contributed by atoms with Crippen molar-refractivity contribution in [2.24, 2.45) is 0 Å². The molecule has 1 N–H and O–H groups in total. The SMILES string of the molecule is CCn1c(=O)n(CC(=O)N[C@H](C)Cc2ccc(Br)cc2)c2ccccc21. The van der Waals surface area contributed by atoms with E-state index in [1.54, 1.807) is 9.13 Å². The fraction of sp³-hybridized carbons (Fsp3) is 0.300. The third-order valence-corrected chi connectivity index (χ3v) is 4.93. The average Bonchev–Trinajstić information content (AvgIpc) is 2.88. The van der Waals surface area contributed by atoms with Gasteiger partial charge in [-0.05, 0) is 50.1 Å². The molecule has 0 saturated heterocycles. The molecule has 6 heteroatoms. The van der Waals surface area contributed by atoms with E-state index in [-0.39, 0.29) is 24.2 Å². The summed E-state index contributed by atoms with van der Waals surface area (Å²) < 4.78 is 4.26. The van der Waals surface area contributed by atoms with Gasteiger partial charge in [0, 0.05) is 17.1 Å². The van der Waals surface area contributed by atoms with Gasteiger partial charge >= 0.3 is 5.69 Å². The van der Waals surface area contributed by atoms with Gasteiger partial charge in [-0.2, -0.15) is 0 Å². The van der Waals surface area contributed by atoms with Gasteiger partial charge in [-0.15, -0.1) is 0 Å². The van der Waals surface area contributed by atoms with Crippen LogP contribution in [0, 0.1) is 0 Å². The highest BCUT2D eigenvalue weighted by Gasteiger charge is 2.15. The molecule has 1 amide bonds. The van der Waals surface area contributed by atoms with Gasteiger partial charge in [0.05, 0.1) is 11.0 Å². The normalized spacial score (nSPS) is 12.3. The van der Waals surface area contributed by atoms with Crippen LogP contribution in [-0.2, 0) is 24.3 Å². The number of hydrogen-bond donors (Lipinski definition) is 1. The van der Waals surface area contributed by atoms with Crippen molar-refractivity contribution in [3.05, 3.63) is 69.1 Å². The van der Waals surface area contributed by atoms with Crippen LogP contribution >= 0.6 is 15.9 Å². The number of fused-ring (bicyclic) bond motifs is 1. The number of nitrogens with one attached hydrogen (secondary N) is 1. The van der Waals surface area contributed by atoms with E-state index in [1.807, 2.05) is 62.4 Å². The number of amides is 1. The van der Waals surface area contributed by atoms with E-state index in [4.69, 9.17) is 0 Å². The minimum absolute atomic E-state index is 0.0149. The Balaban J connectivity index is 1.72. The molecule has 2 aromatic carbocycles. The Bertz CT molecular complexity index is 973. The molecule has 0 radical (unpaired) electrons. The Kier molecular flexibility index (Phi) is 5.61. The first kappa shape index (κ1) is 18.5. The minimum Gasteiger partial charge on any atom is -0.352 e. The molecule has 5 nitrogen and oxygen atoms in total. The van der Waals surface area contributed by atoms with Crippen molar-refractivity contribution in [3.63, 3.8) is 0 Å². The number of aryl methyl sites for hydroxylation is 1. The quantitative estimate of drug-likeness (QED) is 0.670. The summed E-state index contributed by atoms with van der Waals surface area (Å²) in [5.41, 5.74) is 2.65.